The fourth-order valence-electron chi connectivity index (χ4n) is 2.11. The summed E-state index contributed by atoms with van der Waals surface area (Å²) in [6.07, 6.45) is 1.03. The van der Waals surface area contributed by atoms with Gasteiger partial charge in [-0.3, -0.25) is 0 Å². The molecular weight excluding hydrogens is 210 g/mol. The molecule has 0 aliphatic rings. The summed E-state index contributed by atoms with van der Waals surface area (Å²) in [5.74, 6) is 0.992. The van der Waals surface area contributed by atoms with Crippen LogP contribution >= 0.6 is 0 Å². The molecule has 0 heterocycles. The predicted octanol–water partition coefficient (Wildman–Crippen LogP) is 3.16. The van der Waals surface area contributed by atoms with Crippen molar-refractivity contribution < 1.29 is 4.74 Å². The predicted molar refractivity (Wildman–Crippen MR) is 74.0 cm³/mol. The van der Waals surface area contributed by atoms with Crippen LogP contribution in [0, 0.1) is 20.8 Å². The molecule has 0 aliphatic carbocycles. The maximum Gasteiger partial charge on any atom is 0.122 e. The molecule has 1 rings (SSSR count). The Balaban J connectivity index is 3.22. The van der Waals surface area contributed by atoms with Crippen molar-refractivity contribution in [3.8, 4) is 5.75 Å². The van der Waals surface area contributed by atoms with Crippen LogP contribution < -0.4 is 10.1 Å². The second-order valence-corrected chi connectivity index (χ2v) is 5.43. The molecule has 0 amide bonds. The first kappa shape index (κ1) is 14.0. The van der Waals surface area contributed by atoms with E-state index in [0.29, 0.717) is 0 Å². The van der Waals surface area contributed by atoms with E-state index in [1.165, 1.54) is 22.3 Å². The van der Waals surface area contributed by atoms with Crippen molar-refractivity contribution in [2.75, 3.05) is 14.2 Å². The maximum absolute atomic E-state index is 5.40. The summed E-state index contributed by atoms with van der Waals surface area (Å²) in [4.78, 5) is 0. The smallest absolute Gasteiger partial charge is 0.122 e. The third kappa shape index (κ3) is 3.01. The van der Waals surface area contributed by atoms with Gasteiger partial charge in [-0.2, -0.15) is 0 Å². The van der Waals surface area contributed by atoms with Crippen molar-refractivity contribution in [2.24, 2.45) is 0 Å². The molecule has 17 heavy (non-hydrogen) atoms. The van der Waals surface area contributed by atoms with E-state index < -0.39 is 0 Å². The zero-order valence-corrected chi connectivity index (χ0v) is 12.2. The normalized spacial score (nSPS) is 11.7. The first-order valence-corrected chi connectivity index (χ1v) is 6.15. The minimum absolute atomic E-state index is 0.122. The topological polar surface area (TPSA) is 21.3 Å². The van der Waals surface area contributed by atoms with Crippen LogP contribution in [0.4, 0.5) is 0 Å². The second-order valence-electron chi connectivity index (χ2n) is 5.43. The molecule has 0 atom stereocenters. The molecule has 0 aliphatic heterocycles. The van der Waals surface area contributed by atoms with Gasteiger partial charge in [0, 0.05) is 5.54 Å². The number of hydrogen-bond donors (Lipinski definition) is 1. The van der Waals surface area contributed by atoms with Crippen LogP contribution in [0.2, 0.25) is 0 Å². The van der Waals surface area contributed by atoms with Crippen molar-refractivity contribution in [1.29, 1.82) is 0 Å². The van der Waals surface area contributed by atoms with Gasteiger partial charge in [0.1, 0.15) is 5.75 Å². The van der Waals surface area contributed by atoms with Gasteiger partial charge in [0.2, 0.25) is 0 Å². The number of likely N-dealkylation sites (N-methyl/N-ethyl adjacent to an activating group) is 1. The number of hydrogen-bond acceptors (Lipinski definition) is 2. The van der Waals surface area contributed by atoms with E-state index in [-0.39, 0.29) is 5.54 Å². The van der Waals surface area contributed by atoms with Crippen LogP contribution in [0.25, 0.3) is 0 Å². The zero-order valence-electron chi connectivity index (χ0n) is 12.2. The molecule has 0 saturated heterocycles. The first-order chi connectivity index (χ1) is 7.82. The molecule has 2 heteroatoms. The van der Waals surface area contributed by atoms with E-state index >= 15 is 0 Å². The van der Waals surface area contributed by atoms with E-state index in [4.69, 9.17) is 4.74 Å². The third-order valence-corrected chi connectivity index (χ3v) is 3.72. The van der Waals surface area contributed by atoms with E-state index in [1.807, 2.05) is 7.05 Å². The monoisotopic (exact) mass is 235 g/mol. The lowest BCUT2D eigenvalue weighted by Gasteiger charge is -2.27. The minimum Gasteiger partial charge on any atom is -0.496 e. The van der Waals surface area contributed by atoms with Gasteiger partial charge < -0.3 is 10.1 Å². The SMILES string of the molecule is CNC(C)(C)Cc1c(C)cc(OC)c(C)c1C. The van der Waals surface area contributed by atoms with E-state index in [9.17, 15) is 0 Å². The van der Waals surface area contributed by atoms with Crippen molar-refractivity contribution in [3.05, 3.63) is 28.3 Å². The molecule has 0 aromatic heterocycles. The number of benzene rings is 1. The number of methoxy groups -OCH3 is 1. The van der Waals surface area contributed by atoms with Crippen LogP contribution in [0.3, 0.4) is 0 Å². The summed E-state index contributed by atoms with van der Waals surface area (Å²) < 4.78 is 5.40. The molecule has 0 spiro atoms. The Morgan fingerprint density at radius 1 is 1.18 bits per heavy atom. The van der Waals surface area contributed by atoms with Gasteiger partial charge in [0.15, 0.2) is 0 Å². The van der Waals surface area contributed by atoms with Gasteiger partial charge >= 0.3 is 0 Å². The number of rotatable bonds is 4. The summed E-state index contributed by atoms with van der Waals surface area (Å²) in [6.45, 7) is 10.9. The van der Waals surface area contributed by atoms with Crippen LogP contribution in [-0.4, -0.2) is 19.7 Å². The number of nitrogens with one attached hydrogen (secondary N) is 1. The van der Waals surface area contributed by atoms with Gasteiger partial charge in [-0.15, -0.1) is 0 Å². The lowest BCUT2D eigenvalue weighted by molar-refractivity contribution is 0.407. The molecule has 0 saturated carbocycles. The molecular formula is C15H25NO. The number of ether oxygens (including phenoxy) is 1. The Kier molecular flexibility index (Phi) is 4.21. The van der Waals surface area contributed by atoms with Crippen LogP contribution in [-0.2, 0) is 6.42 Å². The molecule has 0 unspecified atom stereocenters. The Labute approximate surface area is 105 Å². The van der Waals surface area contributed by atoms with Gasteiger partial charge in [0.05, 0.1) is 7.11 Å². The standard InChI is InChI=1S/C15H25NO/c1-10-8-14(17-7)12(3)11(2)13(10)9-15(4,5)16-6/h8,16H,9H2,1-7H3. The highest BCUT2D eigenvalue weighted by Crippen LogP contribution is 2.29. The van der Waals surface area contributed by atoms with Crippen LogP contribution in [0.5, 0.6) is 5.75 Å². The summed E-state index contributed by atoms with van der Waals surface area (Å²) in [5, 5.41) is 3.36. The Hall–Kier alpha value is -1.02. The Morgan fingerprint density at radius 2 is 1.76 bits per heavy atom. The summed E-state index contributed by atoms with van der Waals surface area (Å²) in [5.41, 5.74) is 5.47. The van der Waals surface area contributed by atoms with E-state index in [0.717, 1.165) is 12.2 Å². The summed E-state index contributed by atoms with van der Waals surface area (Å²) in [6, 6.07) is 2.14. The minimum atomic E-state index is 0.122. The fourth-order valence-corrected chi connectivity index (χ4v) is 2.11. The van der Waals surface area contributed by atoms with Crippen LogP contribution in [0.1, 0.15) is 36.1 Å². The Bertz CT molecular complexity index is 408. The van der Waals surface area contributed by atoms with Crippen molar-refractivity contribution in [2.45, 2.75) is 46.6 Å². The first-order valence-electron chi connectivity index (χ1n) is 6.15. The third-order valence-electron chi connectivity index (χ3n) is 3.72. The molecule has 1 N–H and O–H groups in total. The lowest BCUT2D eigenvalue weighted by Crippen LogP contribution is -2.38. The fraction of sp³-hybridized carbons (Fsp3) is 0.600. The highest BCUT2D eigenvalue weighted by molar-refractivity contribution is 5.48. The summed E-state index contributed by atoms with van der Waals surface area (Å²) >= 11 is 0. The quantitative estimate of drug-likeness (QED) is 0.865. The van der Waals surface area contributed by atoms with Gasteiger partial charge in [0.25, 0.3) is 0 Å². The molecule has 2 nitrogen and oxygen atoms in total. The molecule has 96 valence electrons. The van der Waals surface area contributed by atoms with Gasteiger partial charge in [-0.05, 0) is 76.4 Å². The average Bonchev–Trinajstić information content (AvgIpc) is 2.29. The average molecular weight is 235 g/mol. The molecule has 0 bridgehead atoms. The molecule has 1 aromatic carbocycles. The van der Waals surface area contributed by atoms with Gasteiger partial charge in [-0.1, -0.05) is 0 Å². The van der Waals surface area contributed by atoms with Crippen LogP contribution in [0.15, 0.2) is 6.07 Å². The second kappa shape index (κ2) is 5.09. The van der Waals surface area contributed by atoms with Crippen molar-refractivity contribution in [1.82, 2.24) is 5.32 Å². The van der Waals surface area contributed by atoms with Crippen molar-refractivity contribution in [3.63, 3.8) is 0 Å². The largest absolute Gasteiger partial charge is 0.496 e. The summed E-state index contributed by atoms with van der Waals surface area (Å²) in [7, 11) is 3.75. The van der Waals surface area contributed by atoms with E-state index in [1.54, 1.807) is 7.11 Å². The number of aryl methyl sites for hydroxylation is 1. The highest BCUT2D eigenvalue weighted by atomic mass is 16.5. The molecule has 0 radical (unpaired) electrons. The molecule has 1 aromatic rings. The zero-order chi connectivity index (χ0) is 13.2. The lowest BCUT2D eigenvalue weighted by atomic mass is 9.87. The molecule has 0 fully saturated rings. The Morgan fingerprint density at radius 3 is 2.24 bits per heavy atom. The highest BCUT2D eigenvalue weighted by Gasteiger charge is 2.19. The van der Waals surface area contributed by atoms with Crippen molar-refractivity contribution >= 4 is 0 Å². The van der Waals surface area contributed by atoms with E-state index in [2.05, 4.69) is 46.0 Å². The maximum atomic E-state index is 5.40. The van der Waals surface area contributed by atoms with Gasteiger partial charge in [-0.25, -0.2) is 0 Å².